The largest absolute Gasteiger partial charge is 0.271 e. The second-order valence-corrected chi connectivity index (χ2v) is 7.05. The molecule has 1 rings (SSSR count). The zero-order chi connectivity index (χ0) is 14.5. The van der Waals surface area contributed by atoms with Crippen molar-refractivity contribution >= 4 is 9.84 Å². The summed E-state index contributed by atoms with van der Waals surface area (Å²) in [5, 5.41) is 0. The van der Waals surface area contributed by atoms with Crippen LogP contribution in [0.2, 0.25) is 0 Å². The Hall–Kier alpha value is -0.980. The molecule has 1 aromatic carbocycles. The fourth-order valence-corrected chi connectivity index (χ4v) is 2.81. The molecular weight excluding hydrogens is 267 g/mol. The van der Waals surface area contributed by atoms with Gasteiger partial charge in [-0.3, -0.25) is 11.3 Å². The molecule has 0 saturated heterocycles. The van der Waals surface area contributed by atoms with Crippen LogP contribution in [0.5, 0.6) is 0 Å². The van der Waals surface area contributed by atoms with E-state index in [1.54, 1.807) is 32.0 Å². The Bertz CT molecular complexity index is 517. The van der Waals surface area contributed by atoms with Gasteiger partial charge in [-0.05, 0) is 25.3 Å². The minimum absolute atomic E-state index is 0.106. The summed E-state index contributed by atoms with van der Waals surface area (Å²) < 4.78 is 36.8. The van der Waals surface area contributed by atoms with Gasteiger partial charge in [-0.2, -0.15) is 0 Å². The van der Waals surface area contributed by atoms with E-state index in [-0.39, 0.29) is 23.4 Å². The molecule has 0 radical (unpaired) electrons. The lowest BCUT2D eigenvalue weighted by atomic mass is 10.0. The number of hydrogen-bond acceptors (Lipinski definition) is 4. The second-order valence-electron chi connectivity index (χ2n) is 4.58. The quantitative estimate of drug-likeness (QED) is 0.593. The SMILES string of the molecule is CCS(=O)(=O)CCCC(NN)c1cccc(C)c1F. The Morgan fingerprint density at radius 1 is 1.42 bits per heavy atom. The van der Waals surface area contributed by atoms with Crippen molar-refractivity contribution in [2.24, 2.45) is 5.84 Å². The van der Waals surface area contributed by atoms with Crippen molar-refractivity contribution in [1.82, 2.24) is 5.43 Å². The van der Waals surface area contributed by atoms with Crippen LogP contribution in [-0.2, 0) is 9.84 Å². The third-order valence-electron chi connectivity index (χ3n) is 3.19. The van der Waals surface area contributed by atoms with Crippen LogP contribution in [-0.4, -0.2) is 19.9 Å². The van der Waals surface area contributed by atoms with Gasteiger partial charge in [0.1, 0.15) is 15.7 Å². The van der Waals surface area contributed by atoms with E-state index in [9.17, 15) is 12.8 Å². The molecule has 0 spiro atoms. The first kappa shape index (κ1) is 16.1. The lowest BCUT2D eigenvalue weighted by Crippen LogP contribution is -2.29. The van der Waals surface area contributed by atoms with E-state index in [1.807, 2.05) is 0 Å². The number of sulfone groups is 1. The number of benzene rings is 1. The number of hydrazine groups is 1. The first-order chi connectivity index (χ1) is 8.91. The highest BCUT2D eigenvalue weighted by Gasteiger charge is 2.16. The summed E-state index contributed by atoms with van der Waals surface area (Å²) in [6.45, 7) is 3.31. The topological polar surface area (TPSA) is 72.2 Å². The van der Waals surface area contributed by atoms with Crippen LogP contribution in [0.4, 0.5) is 4.39 Å². The van der Waals surface area contributed by atoms with Gasteiger partial charge < -0.3 is 0 Å². The van der Waals surface area contributed by atoms with Gasteiger partial charge in [-0.1, -0.05) is 25.1 Å². The standard InChI is InChI=1S/C13H21FN2O2S/c1-3-19(17,18)9-5-8-12(16-15)11-7-4-6-10(2)13(11)14/h4,6-7,12,16H,3,5,8-9,15H2,1-2H3. The number of rotatable bonds is 7. The normalized spacial score (nSPS) is 13.5. The van der Waals surface area contributed by atoms with Crippen LogP contribution in [0.15, 0.2) is 18.2 Å². The third-order valence-corrected chi connectivity index (χ3v) is 4.98. The predicted octanol–water partition coefficient (Wildman–Crippen LogP) is 1.85. The van der Waals surface area contributed by atoms with Crippen LogP contribution in [0.1, 0.15) is 36.9 Å². The number of nitrogens with one attached hydrogen (secondary N) is 1. The molecule has 0 aliphatic heterocycles. The van der Waals surface area contributed by atoms with Gasteiger partial charge in [0.05, 0.1) is 5.75 Å². The Morgan fingerprint density at radius 2 is 2.11 bits per heavy atom. The summed E-state index contributed by atoms with van der Waals surface area (Å²) in [4.78, 5) is 0. The summed E-state index contributed by atoms with van der Waals surface area (Å²) in [5.41, 5.74) is 3.59. The first-order valence-corrected chi connectivity index (χ1v) is 8.15. The van der Waals surface area contributed by atoms with Crippen molar-refractivity contribution in [3.8, 4) is 0 Å². The molecule has 0 saturated carbocycles. The van der Waals surface area contributed by atoms with Gasteiger partial charge in [0.25, 0.3) is 0 Å². The highest BCUT2D eigenvalue weighted by Crippen LogP contribution is 2.23. The van der Waals surface area contributed by atoms with Crippen LogP contribution >= 0.6 is 0 Å². The molecule has 4 nitrogen and oxygen atoms in total. The van der Waals surface area contributed by atoms with Crippen molar-refractivity contribution < 1.29 is 12.8 Å². The summed E-state index contributed by atoms with van der Waals surface area (Å²) in [6.07, 6.45) is 0.939. The van der Waals surface area contributed by atoms with Crippen LogP contribution < -0.4 is 11.3 Å². The Labute approximate surface area is 114 Å². The highest BCUT2D eigenvalue weighted by atomic mass is 32.2. The Kier molecular flexibility index (Phi) is 5.90. The molecule has 6 heteroatoms. The zero-order valence-electron chi connectivity index (χ0n) is 11.3. The van der Waals surface area contributed by atoms with E-state index in [4.69, 9.17) is 5.84 Å². The Balaban J connectivity index is 2.71. The number of nitrogens with two attached hydrogens (primary N) is 1. The smallest absolute Gasteiger partial charge is 0.150 e. The minimum Gasteiger partial charge on any atom is -0.271 e. The van der Waals surface area contributed by atoms with Crippen molar-refractivity contribution in [3.05, 3.63) is 35.1 Å². The van der Waals surface area contributed by atoms with Crippen LogP contribution in [0.3, 0.4) is 0 Å². The fourth-order valence-electron chi connectivity index (χ4n) is 1.92. The molecule has 0 aliphatic carbocycles. The van der Waals surface area contributed by atoms with E-state index in [0.717, 1.165) is 0 Å². The average molecular weight is 288 g/mol. The second kappa shape index (κ2) is 6.98. The minimum atomic E-state index is -2.99. The molecule has 108 valence electrons. The molecule has 0 amide bonds. The predicted molar refractivity (Wildman–Crippen MR) is 74.8 cm³/mol. The number of aryl methyl sites for hydroxylation is 1. The van der Waals surface area contributed by atoms with Crippen molar-refractivity contribution in [2.45, 2.75) is 32.7 Å². The highest BCUT2D eigenvalue weighted by molar-refractivity contribution is 7.91. The summed E-state index contributed by atoms with van der Waals surface area (Å²) >= 11 is 0. The third kappa shape index (κ3) is 4.56. The van der Waals surface area contributed by atoms with E-state index in [1.165, 1.54) is 0 Å². The first-order valence-electron chi connectivity index (χ1n) is 6.33. The van der Waals surface area contributed by atoms with Crippen LogP contribution in [0, 0.1) is 12.7 Å². The maximum absolute atomic E-state index is 14.0. The molecule has 1 atom stereocenters. The Morgan fingerprint density at radius 3 is 2.68 bits per heavy atom. The van der Waals surface area contributed by atoms with Gasteiger partial charge in [-0.25, -0.2) is 12.8 Å². The molecule has 0 aliphatic rings. The molecule has 1 aromatic rings. The summed E-state index contributed by atoms with van der Waals surface area (Å²) in [7, 11) is -2.99. The van der Waals surface area contributed by atoms with E-state index >= 15 is 0 Å². The number of hydrogen-bond donors (Lipinski definition) is 2. The maximum atomic E-state index is 14.0. The van der Waals surface area contributed by atoms with Crippen molar-refractivity contribution in [2.75, 3.05) is 11.5 Å². The molecule has 0 aromatic heterocycles. The van der Waals surface area contributed by atoms with E-state index in [0.29, 0.717) is 24.0 Å². The summed E-state index contributed by atoms with van der Waals surface area (Å²) in [5.74, 6) is 5.39. The number of halogens is 1. The van der Waals surface area contributed by atoms with Crippen molar-refractivity contribution in [1.29, 1.82) is 0 Å². The van der Waals surface area contributed by atoms with E-state index < -0.39 is 9.84 Å². The van der Waals surface area contributed by atoms with Gasteiger partial charge in [0, 0.05) is 17.4 Å². The van der Waals surface area contributed by atoms with Gasteiger partial charge in [0.15, 0.2) is 0 Å². The molecule has 1 unspecified atom stereocenters. The van der Waals surface area contributed by atoms with Gasteiger partial charge >= 0.3 is 0 Å². The molecular formula is C13H21FN2O2S. The lowest BCUT2D eigenvalue weighted by Gasteiger charge is -2.17. The molecule has 19 heavy (non-hydrogen) atoms. The van der Waals surface area contributed by atoms with Gasteiger partial charge in [0.2, 0.25) is 0 Å². The van der Waals surface area contributed by atoms with Crippen LogP contribution in [0.25, 0.3) is 0 Å². The average Bonchev–Trinajstić information content (AvgIpc) is 2.38. The van der Waals surface area contributed by atoms with Crippen molar-refractivity contribution in [3.63, 3.8) is 0 Å². The maximum Gasteiger partial charge on any atom is 0.150 e. The molecule has 0 heterocycles. The molecule has 0 fully saturated rings. The summed E-state index contributed by atoms with van der Waals surface area (Å²) in [6, 6.07) is 4.75. The monoisotopic (exact) mass is 288 g/mol. The molecule has 3 N–H and O–H groups in total. The fraction of sp³-hybridized carbons (Fsp3) is 0.538. The molecule has 0 bridgehead atoms. The van der Waals surface area contributed by atoms with Gasteiger partial charge in [-0.15, -0.1) is 0 Å². The van der Waals surface area contributed by atoms with E-state index in [2.05, 4.69) is 5.43 Å². The zero-order valence-corrected chi connectivity index (χ0v) is 12.1. The lowest BCUT2D eigenvalue weighted by molar-refractivity contribution is 0.477.